The van der Waals surface area contributed by atoms with Crippen molar-refractivity contribution in [2.24, 2.45) is 0 Å². The summed E-state index contributed by atoms with van der Waals surface area (Å²) in [5, 5.41) is 7.81. The number of halogens is 1. The predicted octanol–water partition coefficient (Wildman–Crippen LogP) is 2.61. The number of benzene rings is 1. The van der Waals surface area contributed by atoms with Gasteiger partial charge in [0.2, 0.25) is 0 Å². The number of nitrogens with one attached hydrogen (secondary N) is 2. The SMILES string of the molecule is Clc1cccc(CCNCCCNC2CC2)c1. The first-order valence-electron chi connectivity index (χ1n) is 6.53. The molecule has 94 valence electrons. The van der Waals surface area contributed by atoms with Gasteiger partial charge in [0.25, 0.3) is 0 Å². The number of rotatable bonds is 8. The second-order valence-corrected chi connectivity index (χ2v) is 5.15. The second-order valence-electron chi connectivity index (χ2n) is 4.71. The van der Waals surface area contributed by atoms with Crippen molar-refractivity contribution in [2.75, 3.05) is 19.6 Å². The molecule has 0 heterocycles. The normalized spacial score (nSPS) is 15.1. The van der Waals surface area contributed by atoms with Crippen LogP contribution in [0.5, 0.6) is 0 Å². The van der Waals surface area contributed by atoms with Gasteiger partial charge in [0.1, 0.15) is 0 Å². The van der Waals surface area contributed by atoms with Crippen LogP contribution < -0.4 is 10.6 Å². The lowest BCUT2D eigenvalue weighted by molar-refractivity contribution is 0.594. The Morgan fingerprint density at radius 1 is 1.18 bits per heavy atom. The summed E-state index contributed by atoms with van der Waals surface area (Å²) in [6.07, 6.45) is 5.02. The summed E-state index contributed by atoms with van der Waals surface area (Å²) in [5.74, 6) is 0. The Balaban J connectivity index is 1.47. The summed E-state index contributed by atoms with van der Waals surface area (Å²) in [6.45, 7) is 3.28. The van der Waals surface area contributed by atoms with Gasteiger partial charge in [-0.3, -0.25) is 0 Å². The van der Waals surface area contributed by atoms with E-state index in [0.29, 0.717) is 0 Å². The van der Waals surface area contributed by atoms with Crippen LogP contribution in [0.25, 0.3) is 0 Å². The molecule has 1 aliphatic carbocycles. The third-order valence-corrected chi connectivity index (χ3v) is 3.26. The molecule has 1 saturated carbocycles. The van der Waals surface area contributed by atoms with E-state index in [1.54, 1.807) is 0 Å². The van der Waals surface area contributed by atoms with E-state index >= 15 is 0 Å². The van der Waals surface area contributed by atoms with Gasteiger partial charge in [0.05, 0.1) is 0 Å². The van der Waals surface area contributed by atoms with Crippen molar-refractivity contribution in [3.05, 3.63) is 34.9 Å². The number of hydrogen-bond acceptors (Lipinski definition) is 2. The standard InChI is InChI=1S/C14H21ClN2/c15-13-4-1-3-12(11-13)7-10-16-8-2-9-17-14-5-6-14/h1,3-4,11,14,16-17H,2,5-10H2. The largest absolute Gasteiger partial charge is 0.316 e. The summed E-state index contributed by atoms with van der Waals surface area (Å²) >= 11 is 5.93. The Morgan fingerprint density at radius 3 is 2.82 bits per heavy atom. The summed E-state index contributed by atoms with van der Waals surface area (Å²) < 4.78 is 0. The van der Waals surface area contributed by atoms with Gasteiger partial charge >= 0.3 is 0 Å². The van der Waals surface area contributed by atoms with E-state index in [1.807, 2.05) is 18.2 Å². The molecule has 0 atom stereocenters. The third-order valence-electron chi connectivity index (χ3n) is 3.02. The van der Waals surface area contributed by atoms with Crippen LogP contribution in [0.4, 0.5) is 0 Å². The monoisotopic (exact) mass is 252 g/mol. The van der Waals surface area contributed by atoms with Crippen molar-refractivity contribution in [1.29, 1.82) is 0 Å². The highest BCUT2D eigenvalue weighted by Crippen LogP contribution is 2.18. The van der Waals surface area contributed by atoms with Crippen LogP contribution in [0.2, 0.25) is 5.02 Å². The second kappa shape index (κ2) is 7.00. The molecule has 2 rings (SSSR count). The van der Waals surface area contributed by atoms with Gasteiger partial charge in [-0.1, -0.05) is 23.7 Å². The zero-order chi connectivity index (χ0) is 11.9. The molecule has 2 nitrogen and oxygen atoms in total. The highest BCUT2D eigenvalue weighted by atomic mass is 35.5. The molecule has 0 radical (unpaired) electrons. The van der Waals surface area contributed by atoms with Crippen molar-refractivity contribution < 1.29 is 0 Å². The Kier molecular flexibility index (Phi) is 5.30. The van der Waals surface area contributed by atoms with E-state index < -0.39 is 0 Å². The Bertz CT molecular complexity index is 337. The maximum absolute atomic E-state index is 5.93. The average Bonchev–Trinajstić information content (AvgIpc) is 3.12. The van der Waals surface area contributed by atoms with E-state index in [4.69, 9.17) is 11.6 Å². The molecule has 1 aromatic carbocycles. The molecule has 1 aliphatic rings. The molecular weight excluding hydrogens is 232 g/mol. The molecule has 2 N–H and O–H groups in total. The molecule has 0 aromatic heterocycles. The maximum Gasteiger partial charge on any atom is 0.0408 e. The first kappa shape index (κ1) is 12.9. The molecular formula is C14H21ClN2. The lowest BCUT2D eigenvalue weighted by Crippen LogP contribution is -2.24. The first-order chi connectivity index (χ1) is 8.34. The molecule has 0 aliphatic heterocycles. The van der Waals surface area contributed by atoms with Crippen LogP contribution in [-0.4, -0.2) is 25.7 Å². The Morgan fingerprint density at radius 2 is 2.06 bits per heavy atom. The average molecular weight is 253 g/mol. The molecule has 1 fully saturated rings. The van der Waals surface area contributed by atoms with Crippen molar-refractivity contribution in [1.82, 2.24) is 10.6 Å². The minimum Gasteiger partial charge on any atom is -0.316 e. The summed E-state index contributed by atoms with van der Waals surface area (Å²) in [6, 6.07) is 8.93. The van der Waals surface area contributed by atoms with Crippen LogP contribution in [0.3, 0.4) is 0 Å². The predicted molar refractivity (Wildman–Crippen MR) is 73.7 cm³/mol. The van der Waals surface area contributed by atoms with Crippen LogP contribution in [-0.2, 0) is 6.42 Å². The molecule has 0 bridgehead atoms. The maximum atomic E-state index is 5.93. The van der Waals surface area contributed by atoms with E-state index in [-0.39, 0.29) is 0 Å². The van der Waals surface area contributed by atoms with Crippen molar-refractivity contribution >= 4 is 11.6 Å². The third kappa shape index (κ3) is 5.53. The topological polar surface area (TPSA) is 24.1 Å². The fraction of sp³-hybridized carbons (Fsp3) is 0.571. The van der Waals surface area contributed by atoms with Crippen LogP contribution in [0.1, 0.15) is 24.8 Å². The molecule has 1 aromatic rings. The van der Waals surface area contributed by atoms with E-state index in [9.17, 15) is 0 Å². The van der Waals surface area contributed by atoms with Crippen LogP contribution >= 0.6 is 11.6 Å². The molecule has 0 amide bonds. The molecule has 0 spiro atoms. The summed E-state index contributed by atoms with van der Waals surface area (Å²) in [5.41, 5.74) is 1.31. The van der Waals surface area contributed by atoms with E-state index in [2.05, 4.69) is 16.7 Å². The van der Waals surface area contributed by atoms with Gasteiger partial charge in [0, 0.05) is 11.1 Å². The Labute approximate surface area is 109 Å². The molecule has 0 unspecified atom stereocenters. The quantitative estimate of drug-likeness (QED) is 0.695. The van der Waals surface area contributed by atoms with Crippen LogP contribution in [0, 0.1) is 0 Å². The molecule has 0 saturated heterocycles. The Hall–Kier alpha value is -0.570. The van der Waals surface area contributed by atoms with E-state index in [1.165, 1.54) is 24.8 Å². The smallest absolute Gasteiger partial charge is 0.0408 e. The summed E-state index contributed by atoms with van der Waals surface area (Å²) in [4.78, 5) is 0. The van der Waals surface area contributed by atoms with Gasteiger partial charge in [-0.05, 0) is 63.0 Å². The zero-order valence-corrected chi connectivity index (χ0v) is 11.0. The van der Waals surface area contributed by atoms with Gasteiger partial charge in [-0.2, -0.15) is 0 Å². The fourth-order valence-corrected chi connectivity index (χ4v) is 2.07. The molecule has 3 heteroatoms. The lowest BCUT2D eigenvalue weighted by Gasteiger charge is -2.06. The first-order valence-corrected chi connectivity index (χ1v) is 6.91. The van der Waals surface area contributed by atoms with Gasteiger partial charge in [0.15, 0.2) is 0 Å². The van der Waals surface area contributed by atoms with Crippen LogP contribution in [0.15, 0.2) is 24.3 Å². The highest BCUT2D eigenvalue weighted by molar-refractivity contribution is 6.30. The van der Waals surface area contributed by atoms with Gasteiger partial charge in [-0.25, -0.2) is 0 Å². The lowest BCUT2D eigenvalue weighted by atomic mass is 10.1. The number of hydrogen-bond donors (Lipinski definition) is 2. The molecule has 17 heavy (non-hydrogen) atoms. The fourth-order valence-electron chi connectivity index (χ4n) is 1.86. The van der Waals surface area contributed by atoms with Crippen molar-refractivity contribution in [3.8, 4) is 0 Å². The minimum atomic E-state index is 0.830. The summed E-state index contributed by atoms with van der Waals surface area (Å²) in [7, 11) is 0. The zero-order valence-electron chi connectivity index (χ0n) is 10.2. The van der Waals surface area contributed by atoms with Gasteiger partial charge in [-0.15, -0.1) is 0 Å². The van der Waals surface area contributed by atoms with E-state index in [0.717, 1.165) is 37.1 Å². The van der Waals surface area contributed by atoms with Crippen molar-refractivity contribution in [2.45, 2.75) is 31.7 Å². The van der Waals surface area contributed by atoms with Crippen molar-refractivity contribution in [3.63, 3.8) is 0 Å². The highest BCUT2D eigenvalue weighted by Gasteiger charge is 2.19. The van der Waals surface area contributed by atoms with Gasteiger partial charge < -0.3 is 10.6 Å². The minimum absolute atomic E-state index is 0.830.